The highest BCUT2D eigenvalue weighted by molar-refractivity contribution is 7.26. The van der Waals surface area contributed by atoms with Gasteiger partial charge in [0.1, 0.15) is 0 Å². The van der Waals surface area contributed by atoms with E-state index < -0.39 is 0 Å². The maximum absolute atomic E-state index is 3.76. The van der Waals surface area contributed by atoms with Gasteiger partial charge in [-0.2, -0.15) is 0 Å². The van der Waals surface area contributed by atoms with Gasteiger partial charge in [-0.05, 0) is 81.4 Å². The van der Waals surface area contributed by atoms with Gasteiger partial charge in [-0.25, -0.2) is 0 Å². The highest BCUT2D eigenvalue weighted by Gasteiger charge is 2.20. The van der Waals surface area contributed by atoms with Crippen molar-refractivity contribution in [3.63, 3.8) is 0 Å². The molecule has 0 aliphatic heterocycles. The lowest BCUT2D eigenvalue weighted by Crippen LogP contribution is -1.96. The highest BCUT2D eigenvalue weighted by atomic mass is 32.1. The van der Waals surface area contributed by atoms with Crippen LogP contribution in [0.1, 0.15) is 0 Å². The highest BCUT2D eigenvalue weighted by Crippen LogP contribution is 2.45. The number of nitrogens with zero attached hydrogens (tertiary/aromatic N) is 1. The SMILES string of the molecule is c1ccc(-c2cc(-c3ccc4c(c3)c3ccc5c6ccccc6sc5c3n4-c3cccc4ccccc34)ccc2Nc2ccc3ccccc3c2)cc1. The molecule has 1 N–H and O–H groups in total. The summed E-state index contributed by atoms with van der Waals surface area (Å²) in [6.07, 6.45) is 0. The van der Waals surface area contributed by atoms with Crippen LogP contribution in [0.2, 0.25) is 0 Å². The van der Waals surface area contributed by atoms with Crippen LogP contribution in [0.25, 0.3) is 91.5 Å². The van der Waals surface area contributed by atoms with Crippen molar-refractivity contribution in [1.29, 1.82) is 0 Å². The minimum Gasteiger partial charge on any atom is -0.355 e. The molecule has 0 saturated heterocycles. The number of hydrogen-bond acceptors (Lipinski definition) is 2. The Morgan fingerprint density at radius 1 is 0.415 bits per heavy atom. The normalized spacial score (nSPS) is 11.8. The Kier molecular flexibility index (Phi) is 6.76. The minimum atomic E-state index is 1.07. The summed E-state index contributed by atoms with van der Waals surface area (Å²) in [7, 11) is 0. The van der Waals surface area contributed by atoms with Crippen molar-refractivity contribution in [3.05, 3.63) is 188 Å². The molecule has 0 amide bonds. The van der Waals surface area contributed by atoms with Crippen molar-refractivity contribution in [3.8, 4) is 27.9 Å². The van der Waals surface area contributed by atoms with Gasteiger partial charge in [-0.15, -0.1) is 11.3 Å². The fourth-order valence-corrected chi connectivity index (χ4v) is 9.47. The van der Waals surface area contributed by atoms with E-state index in [9.17, 15) is 0 Å². The topological polar surface area (TPSA) is 17.0 Å². The van der Waals surface area contributed by atoms with E-state index in [1.165, 1.54) is 91.5 Å². The standard InChI is InChI=1S/C50H32N2S/c1-2-12-34(13-3-1)43-30-36(22-27-45(43)51-38-24-21-32-11-4-5-15-35(32)29-38)37-23-28-47-44(31-37)41-25-26-42-40-18-8-9-20-48(40)53-50(42)49(41)52(47)46-19-10-16-33-14-6-7-17-39(33)46/h1-31,51H. The molecular formula is C50H32N2S. The van der Waals surface area contributed by atoms with Crippen molar-refractivity contribution in [2.45, 2.75) is 0 Å². The number of thiophene rings is 1. The summed E-state index contributed by atoms with van der Waals surface area (Å²) in [6, 6.07) is 68.5. The van der Waals surface area contributed by atoms with Crippen molar-refractivity contribution < 1.29 is 0 Å². The smallest absolute Gasteiger partial charge is 0.0720 e. The van der Waals surface area contributed by atoms with Crippen LogP contribution in [0.15, 0.2) is 188 Å². The molecular weight excluding hydrogens is 661 g/mol. The Morgan fingerprint density at radius 2 is 1.13 bits per heavy atom. The average Bonchev–Trinajstić information content (AvgIpc) is 3.77. The molecule has 0 fully saturated rings. The Labute approximate surface area is 310 Å². The summed E-state index contributed by atoms with van der Waals surface area (Å²) < 4.78 is 5.15. The molecule has 0 spiro atoms. The Balaban J connectivity index is 1.12. The molecule has 248 valence electrons. The molecule has 3 heteroatoms. The summed E-state index contributed by atoms with van der Waals surface area (Å²) in [4.78, 5) is 0. The molecule has 11 rings (SSSR count). The second kappa shape index (κ2) is 11.9. The van der Waals surface area contributed by atoms with Crippen molar-refractivity contribution in [1.82, 2.24) is 4.57 Å². The van der Waals surface area contributed by atoms with Crippen LogP contribution in [0.4, 0.5) is 11.4 Å². The lowest BCUT2D eigenvalue weighted by atomic mass is 9.96. The van der Waals surface area contributed by atoms with Crippen molar-refractivity contribution >= 4 is 86.2 Å². The molecule has 0 aliphatic carbocycles. The summed E-state index contributed by atoms with van der Waals surface area (Å²) in [5.41, 5.74) is 10.6. The third-order valence-electron chi connectivity index (χ3n) is 10.7. The van der Waals surface area contributed by atoms with Gasteiger partial charge in [0.2, 0.25) is 0 Å². The van der Waals surface area contributed by atoms with Crippen LogP contribution >= 0.6 is 11.3 Å². The van der Waals surface area contributed by atoms with E-state index in [-0.39, 0.29) is 0 Å². The summed E-state index contributed by atoms with van der Waals surface area (Å²) >= 11 is 1.90. The van der Waals surface area contributed by atoms with Crippen LogP contribution in [0, 0.1) is 0 Å². The molecule has 0 atom stereocenters. The van der Waals surface area contributed by atoms with Crippen molar-refractivity contribution in [2.75, 3.05) is 5.32 Å². The van der Waals surface area contributed by atoms with E-state index in [0.29, 0.717) is 0 Å². The first kappa shape index (κ1) is 30.0. The number of rotatable bonds is 5. The number of benzene rings is 9. The van der Waals surface area contributed by atoms with Gasteiger partial charge in [0, 0.05) is 48.6 Å². The van der Waals surface area contributed by atoms with Gasteiger partial charge in [-0.1, -0.05) is 140 Å². The second-order valence-corrected chi connectivity index (χ2v) is 14.9. The molecule has 11 aromatic rings. The predicted molar refractivity (Wildman–Crippen MR) is 229 cm³/mol. The first-order valence-electron chi connectivity index (χ1n) is 18.1. The minimum absolute atomic E-state index is 1.07. The van der Waals surface area contributed by atoms with Gasteiger partial charge in [-0.3, -0.25) is 0 Å². The Bertz CT molecular complexity index is 3200. The molecule has 0 bridgehead atoms. The molecule has 9 aromatic carbocycles. The zero-order valence-corrected chi connectivity index (χ0v) is 29.6. The number of nitrogens with one attached hydrogen (secondary N) is 1. The molecule has 2 nitrogen and oxygen atoms in total. The summed E-state index contributed by atoms with van der Waals surface area (Å²) in [5, 5.41) is 13.9. The van der Waals surface area contributed by atoms with Crippen LogP contribution < -0.4 is 5.32 Å². The van der Waals surface area contributed by atoms with Crippen LogP contribution in [0.3, 0.4) is 0 Å². The maximum Gasteiger partial charge on any atom is 0.0720 e. The molecule has 0 aliphatic rings. The maximum atomic E-state index is 3.76. The zero-order valence-electron chi connectivity index (χ0n) is 28.8. The van der Waals surface area contributed by atoms with Crippen LogP contribution in [-0.4, -0.2) is 4.57 Å². The first-order chi connectivity index (χ1) is 26.3. The summed E-state index contributed by atoms with van der Waals surface area (Å²) in [6.45, 7) is 0. The zero-order chi connectivity index (χ0) is 34.9. The van der Waals surface area contributed by atoms with E-state index in [4.69, 9.17) is 0 Å². The van der Waals surface area contributed by atoms with E-state index in [2.05, 4.69) is 198 Å². The van der Waals surface area contributed by atoms with Gasteiger partial charge >= 0.3 is 0 Å². The first-order valence-corrected chi connectivity index (χ1v) is 18.9. The Hall–Kier alpha value is -6.68. The Morgan fingerprint density at radius 3 is 2.04 bits per heavy atom. The molecule has 2 heterocycles. The third-order valence-corrected chi connectivity index (χ3v) is 11.9. The van der Waals surface area contributed by atoms with E-state index in [0.717, 1.165) is 11.4 Å². The quantitative estimate of drug-likeness (QED) is 0.190. The fraction of sp³-hybridized carbons (Fsp3) is 0. The lowest BCUT2D eigenvalue weighted by Gasteiger charge is -2.16. The predicted octanol–water partition coefficient (Wildman–Crippen LogP) is 14.5. The number of fused-ring (bicyclic) bond motifs is 9. The van der Waals surface area contributed by atoms with E-state index in [1.807, 2.05) is 11.3 Å². The molecule has 53 heavy (non-hydrogen) atoms. The molecule has 2 aromatic heterocycles. The number of aromatic nitrogens is 1. The third kappa shape index (κ3) is 4.86. The number of anilines is 2. The number of hydrogen-bond donors (Lipinski definition) is 1. The lowest BCUT2D eigenvalue weighted by molar-refractivity contribution is 1.21. The van der Waals surface area contributed by atoms with Gasteiger partial charge < -0.3 is 9.88 Å². The fourth-order valence-electron chi connectivity index (χ4n) is 8.23. The van der Waals surface area contributed by atoms with Crippen molar-refractivity contribution in [2.24, 2.45) is 0 Å². The molecule has 0 unspecified atom stereocenters. The molecule has 0 radical (unpaired) electrons. The van der Waals surface area contributed by atoms with Crippen LogP contribution in [0.5, 0.6) is 0 Å². The van der Waals surface area contributed by atoms with Crippen LogP contribution in [-0.2, 0) is 0 Å². The largest absolute Gasteiger partial charge is 0.355 e. The van der Waals surface area contributed by atoms with E-state index in [1.54, 1.807) is 0 Å². The van der Waals surface area contributed by atoms with Gasteiger partial charge in [0.05, 0.1) is 21.4 Å². The monoisotopic (exact) mass is 692 g/mol. The molecule has 0 saturated carbocycles. The van der Waals surface area contributed by atoms with Gasteiger partial charge in [0.15, 0.2) is 0 Å². The second-order valence-electron chi connectivity index (χ2n) is 13.8. The summed E-state index contributed by atoms with van der Waals surface area (Å²) in [5.74, 6) is 0. The van der Waals surface area contributed by atoms with Gasteiger partial charge in [0.25, 0.3) is 0 Å². The van der Waals surface area contributed by atoms with E-state index >= 15 is 0 Å². The average molecular weight is 693 g/mol.